The summed E-state index contributed by atoms with van der Waals surface area (Å²) in [6.07, 6.45) is 4.33. The molecule has 0 unspecified atom stereocenters. The Morgan fingerprint density at radius 1 is 1.06 bits per heavy atom. The first-order valence-corrected chi connectivity index (χ1v) is 11.7. The quantitative estimate of drug-likeness (QED) is 0.707. The number of nitrogens with zero attached hydrogens (tertiary/aromatic N) is 2. The highest BCUT2D eigenvalue weighted by atomic mass is 35.5. The van der Waals surface area contributed by atoms with E-state index in [4.69, 9.17) is 16.3 Å². The van der Waals surface area contributed by atoms with Gasteiger partial charge in [0, 0.05) is 36.9 Å². The molecule has 0 aromatic heterocycles. The van der Waals surface area contributed by atoms with E-state index in [1.165, 1.54) is 0 Å². The summed E-state index contributed by atoms with van der Waals surface area (Å²) >= 11 is 6.31. The van der Waals surface area contributed by atoms with Gasteiger partial charge in [-0.2, -0.15) is 0 Å². The molecule has 0 radical (unpaired) electrons. The maximum atomic E-state index is 12.9. The Kier molecular flexibility index (Phi) is 7.49. The summed E-state index contributed by atoms with van der Waals surface area (Å²) in [6, 6.07) is 15.7. The molecule has 31 heavy (non-hydrogen) atoms. The minimum Gasteiger partial charge on any atom is -0.490 e. The van der Waals surface area contributed by atoms with E-state index in [0.717, 1.165) is 80.4 Å². The van der Waals surface area contributed by atoms with Crippen LogP contribution in [-0.4, -0.2) is 55.0 Å². The van der Waals surface area contributed by atoms with Gasteiger partial charge in [-0.1, -0.05) is 29.8 Å². The van der Waals surface area contributed by atoms with Crippen molar-refractivity contribution < 1.29 is 9.53 Å². The maximum absolute atomic E-state index is 12.9. The van der Waals surface area contributed by atoms with Gasteiger partial charge in [0.05, 0.1) is 5.92 Å². The molecule has 2 aromatic rings. The van der Waals surface area contributed by atoms with Gasteiger partial charge in [-0.05, 0) is 75.2 Å². The van der Waals surface area contributed by atoms with Crippen molar-refractivity contribution in [1.82, 2.24) is 9.80 Å². The van der Waals surface area contributed by atoms with E-state index in [1.54, 1.807) is 0 Å². The number of amides is 1. The zero-order chi connectivity index (χ0) is 21.6. The summed E-state index contributed by atoms with van der Waals surface area (Å²) in [5.74, 6) is 0.954. The first-order valence-electron chi connectivity index (χ1n) is 11.3. The molecule has 2 fully saturated rings. The Labute approximate surface area is 190 Å². The molecule has 0 spiro atoms. The molecule has 5 nitrogen and oxygen atoms in total. The van der Waals surface area contributed by atoms with Crippen molar-refractivity contribution in [3.8, 4) is 5.75 Å². The average molecular weight is 442 g/mol. The summed E-state index contributed by atoms with van der Waals surface area (Å²) < 4.78 is 6.10. The maximum Gasteiger partial charge on any atom is 0.228 e. The minimum atomic E-state index is -0.00797. The number of ether oxygens (including phenoxy) is 1. The second-order valence-corrected chi connectivity index (χ2v) is 9.21. The van der Waals surface area contributed by atoms with Crippen molar-refractivity contribution in [2.75, 3.05) is 38.5 Å². The van der Waals surface area contributed by atoms with Gasteiger partial charge in [0.2, 0.25) is 5.91 Å². The Morgan fingerprint density at radius 2 is 1.81 bits per heavy atom. The number of hydrogen-bond donors (Lipinski definition) is 1. The van der Waals surface area contributed by atoms with Crippen LogP contribution in [0.2, 0.25) is 5.02 Å². The smallest absolute Gasteiger partial charge is 0.228 e. The average Bonchev–Trinajstić information content (AvgIpc) is 2.78. The van der Waals surface area contributed by atoms with Gasteiger partial charge in [0.25, 0.3) is 0 Å². The molecule has 1 amide bonds. The topological polar surface area (TPSA) is 44.8 Å². The van der Waals surface area contributed by atoms with Crippen molar-refractivity contribution >= 4 is 23.2 Å². The summed E-state index contributed by atoms with van der Waals surface area (Å²) in [5.41, 5.74) is 1.94. The van der Waals surface area contributed by atoms with E-state index in [9.17, 15) is 4.79 Å². The highest BCUT2D eigenvalue weighted by molar-refractivity contribution is 6.31. The lowest BCUT2D eigenvalue weighted by molar-refractivity contribution is -0.121. The summed E-state index contributed by atoms with van der Waals surface area (Å²) in [4.78, 5) is 17.5. The van der Waals surface area contributed by atoms with Gasteiger partial charge in [-0.3, -0.25) is 9.69 Å². The number of anilines is 1. The fraction of sp³-hybridized carbons (Fsp3) is 0.480. The van der Waals surface area contributed by atoms with Crippen molar-refractivity contribution in [3.63, 3.8) is 0 Å². The molecular weight excluding hydrogens is 410 g/mol. The molecule has 0 aliphatic carbocycles. The number of nitrogens with one attached hydrogen (secondary N) is 1. The molecule has 1 N–H and O–H groups in total. The molecular formula is C25H32ClN3O2. The Balaban J connectivity index is 1.28. The number of benzene rings is 2. The lowest BCUT2D eigenvalue weighted by Gasteiger charge is -2.32. The van der Waals surface area contributed by atoms with E-state index in [2.05, 4.69) is 28.2 Å². The van der Waals surface area contributed by atoms with Gasteiger partial charge >= 0.3 is 0 Å². The third-order valence-electron chi connectivity index (χ3n) is 6.32. The largest absolute Gasteiger partial charge is 0.490 e. The predicted octanol–water partition coefficient (Wildman–Crippen LogP) is 4.66. The number of likely N-dealkylation sites (tertiary alicyclic amines) is 2. The second kappa shape index (κ2) is 10.5. The Bertz CT molecular complexity index is 865. The van der Waals surface area contributed by atoms with Crippen molar-refractivity contribution in [1.29, 1.82) is 0 Å². The minimum absolute atomic E-state index is 0.00797. The Morgan fingerprint density at radius 3 is 2.55 bits per heavy atom. The van der Waals surface area contributed by atoms with E-state index >= 15 is 0 Å². The number of carbonyl (C=O) groups is 1. The standard InChI is InChI=1S/C25H32ClN3O2/c1-28-15-12-23(13-16-28)31-22-10-8-21(9-11-22)27-25(30)20-6-4-14-29(18-20)17-19-5-2-3-7-24(19)26/h2-3,5,7-11,20,23H,4,6,12-18H2,1H3,(H,27,30)/t20-/m0/s1. The molecule has 0 bridgehead atoms. The molecule has 6 heteroatoms. The zero-order valence-corrected chi connectivity index (χ0v) is 19.0. The van der Waals surface area contributed by atoms with Crippen LogP contribution in [0.5, 0.6) is 5.75 Å². The number of halogens is 1. The van der Waals surface area contributed by atoms with Crippen LogP contribution in [-0.2, 0) is 11.3 Å². The van der Waals surface area contributed by atoms with Gasteiger partial charge in [0.1, 0.15) is 11.9 Å². The van der Waals surface area contributed by atoms with Gasteiger partial charge < -0.3 is 15.0 Å². The first kappa shape index (κ1) is 22.1. The van der Waals surface area contributed by atoms with Crippen LogP contribution in [0.3, 0.4) is 0 Å². The highest BCUT2D eigenvalue weighted by Crippen LogP contribution is 2.24. The predicted molar refractivity (Wildman–Crippen MR) is 126 cm³/mol. The van der Waals surface area contributed by atoms with E-state index < -0.39 is 0 Å². The lowest BCUT2D eigenvalue weighted by atomic mass is 9.96. The number of carbonyl (C=O) groups excluding carboxylic acids is 1. The molecule has 0 saturated carbocycles. The van der Waals surface area contributed by atoms with E-state index in [1.807, 2.05) is 42.5 Å². The second-order valence-electron chi connectivity index (χ2n) is 8.80. The van der Waals surface area contributed by atoms with Gasteiger partial charge in [-0.25, -0.2) is 0 Å². The highest BCUT2D eigenvalue weighted by Gasteiger charge is 2.26. The molecule has 2 saturated heterocycles. The van der Waals surface area contributed by atoms with Crippen molar-refractivity contribution in [2.45, 2.75) is 38.3 Å². The molecule has 2 aliphatic rings. The third kappa shape index (κ3) is 6.22. The molecule has 2 aliphatic heterocycles. The summed E-state index contributed by atoms with van der Waals surface area (Å²) in [5, 5.41) is 3.88. The fourth-order valence-corrected chi connectivity index (χ4v) is 4.63. The van der Waals surface area contributed by atoms with Gasteiger partial charge in [0.15, 0.2) is 0 Å². The molecule has 166 valence electrons. The summed E-state index contributed by atoms with van der Waals surface area (Å²) in [7, 11) is 2.15. The van der Waals surface area contributed by atoms with Crippen LogP contribution in [0.4, 0.5) is 5.69 Å². The van der Waals surface area contributed by atoms with Crippen LogP contribution in [0.15, 0.2) is 48.5 Å². The van der Waals surface area contributed by atoms with Crippen LogP contribution < -0.4 is 10.1 Å². The van der Waals surface area contributed by atoms with Crippen LogP contribution >= 0.6 is 11.6 Å². The zero-order valence-electron chi connectivity index (χ0n) is 18.2. The van der Waals surface area contributed by atoms with E-state index in [0.29, 0.717) is 0 Å². The molecule has 1 atom stereocenters. The van der Waals surface area contributed by atoms with Crippen LogP contribution in [0.25, 0.3) is 0 Å². The number of rotatable bonds is 6. The molecule has 2 aromatic carbocycles. The van der Waals surface area contributed by atoms with Crippen molar-refractivity contribution in [2.24, 2.45) is 5.92 Å². The van der Waals surface area contributed by atoms with E-state index in [-0.39, 0.29) is 17.9 Å². The first-order chi connectivity index (χ1) is 15.1. The number of hydrogen-bond acceptors (Lipinski definition) is 4. The van der Waals surface area contributed by atoms with Crippen molar-refractivity contribution in [3.05, 3.63) is 59.1 Å². The summed E-state index contributed by atoms with van der Waals surface area (Å²) in [6.45, 7) is 4.69. The third-order valence-corrected chi connectivity index (χ3v) is 6.69. The number of piperidine rings is 2. The SMILES string of the molecule is CN1CCC(Oc2ccc(NC(=O)[C@H]3CCCN(Cc4ccccc4Cl)C3)cc2)CC1. The fourth-order valence-electron chi connectivity index (χ4n) is 4.44. The monoisotopic (exact) mass is 441 g/mol. The Hall–Kier alpha value is -2.08. The van der Waals surface area contributed by atoms with Crippen LogP contribution in [0.1, 0.15) is 31.2 Å². The molecule has 4 rings (SSSR count). The normalized spacial score (nSPS) is 21.0. The van der Waals surface area contributed by atoms with Crippen LogP contribution in [0, 0.1) is 5.92 Å². The lowest BCUT2D eigenvalue weighted by Crippen LogP contribution is -2.40. The van der Waals surface area contributed by atoms with Gasteiger partial charge in [-0.15, -0.1) is 0 Å². The molecule has 2 heterocycles.